The Hall–Kier alpha value is -2.50. The van der Waals surface area contributed by atoms with Gasteiger partial charge in [0.25, 0.3) is 0 Å². The number of hydrogen-bond donors (Lipinski definition) is 0. The van der Waals surface area contributed by atoms with Gasteiger partial charge in [-0.1, -0.05) is 23.8 Å². The molecule has 0 spiro atoms. The summed E-state index contributed by atoms with van der Waals surface area (Å²) in [4.78, 5) is 18.8. The van der Waals surface area contributed by atoms with E-state index in [1.807, 2.05) is 39.0 Å². The van der Waals surface area contributed by atoms with Gasteiger partial charge >= 0.3 is 5.97 Å². The number of anilines is 1. The lowest BCUT2D eigenvalue weighted by Gasteiger charge is -2.32. The highest BCUT2D eigenvalue weighted by atomic mass is 16.5. The molecule has 6 nitrogen and oxygen atoms in total. The van der Waals surface area contributed by atoms with E-state index in [-0.39, 0.29) is 11.9 Å². The van der Waals surface area contributed by atoms with Crippen molar-refractivity contribution in [1.82, 2.24) is 15.2 Å². The van der Waals surface area contributed by atoms with E-state index in [1.54, 1.807) is 0 Å². The zero-order valence-electron chi connectivity index (χ0n) is 15.0. The topological polar surface area (TPSA) is 68.2 Å². The molecule has 0 radical (unpaired) electrons. The summed E-state index contributed by atoms with van der Waals surface area (Å²) < 4.78 is 5.14. The van der Waals surface area contributed by atoms with Gasteiger partial charge in [0, 0.05) is 18.7 Å². The number of esters is 1. The lowest BCUT2D eigenvalue weighted by atomic mass is 9.97. The molecule has 132 valence electrons. The van der Waals surface area contributed by atoms with Gasteiger partial charge in [-0.2, -0.15) is 0 Å². The van der Waals surface area contributed by atoms with Crippen LogP contribution in [0.25, 0.3) is 11.4 Å². The van der Waals surface area contributed by atoms with Gasteiger partial charge in [0.15, 0.2) is 11.6 Å². The molecule has 3 rings (SSSR count). The third-order valence-corrected chi connectivity index (χ3v) is 4.52. The smallest absolute Gasteiger partial charge is 0.309 e. The minimum atomic E-state index is -0.0832. The maximum Gasteiger partial charge on any atom is 0.309 e. The van der Waals surface area contributed by atoms with Crippen molar-refractivity contribution in [1.29, 1.82) is 0 Å². The van der Waals surface area contributed by atoms with E-state index < -0.39 is 0 Å². The summed E-state index contributed by atoms with van der Waals surface area (Å²) >= 11 is 0. The molecule has 6 heteroatoms. The van der Waals surface area contributed by atoms with E-state index in [1.165, 1.54) is 5.56 Å². The van der Waals surface area contributed by atoms with Crippen LogP contribution in [0.4, 0.5) is 5.82 Å². The number of nitrogens with zero attached hydrogens (tertiary/aromatic N) is 4. The van der Waals surface area contributed by atoms with Crippen LogP contribution in [0, 0.1) is 19.8 Å². The van der Waals surface area contributed by atoms with Crippen LogP contribution < -0.4 is 4.90 Å². The lowest BCUT2D eigenvalue weighted by Crippen LogP contribution is -2.38. The molecule has 0 atom stereocenters. The van der Waals surface area contributed by atoms with E-state index in [9.17, 15) is 4.79 Å². The SMILES string of the molecule is CCOC(=O)C1CCN(c2nc(-c3cccc(C)c3)nnc2C)CC1. The second-order valence-electron chi connectivity index (χ2n) is 6.43. The Morgan fingerprint density at radius 2 is 2.00 bits per heavy atom. The van der Waals surface area contributed by atoms with Crippen molar-refractivity contribution in [3.8, 4) is 11.4 Å². The molecule has 0 saturated carbocycles. The Balaban J connectivity index is 1.77. The number of ether oxygens (including phenoxy) is 1. The normalized spacial score (nSPS) is 15.2. The van der Waals surface area contributed by atoms with Gasteiger partial charge in [0.2, 0.25) is 0 Å². The summed E-state index contributed by atoms with van der Waals surface area (Å²) in [7, 11) is 0. The predicted octanol–water partition coefficient (Wildman–Crippen LogP) is 2.93. The van der Waals surface area contributed by atoms with Gasteiger partial charge in [-0.3, -0.25) is 4.79 Å². The fraction of sp³-hybridized carbons (Fsp3) is 0.474. The number of rotatable bonds is 4. The van der Waals surface area contributed by atoms with Gasteiger partial charge in [-0.05, 0) is 39.7 Å². The lowest BCUT2D eigenvalue weighted by molar-refractivity contribution is -0.148. The van der Waals surface area contributed by atoms with Crippen molar-refractivity contribution in [2.75, 3.05) is 24.6 Å². The summed E-state index contributed by atoms with van der Waals surface area (Å²) in [6, 6.07) is 8.10. The Morgan fingerprint density at radius 3 is 2.68 bits per heavy atom. The van der Waals surface area contributed by atoms with Crippen LogP contribution >= 0.6 is 0 Å². The standard InChI is InChI=1S/C19H24N4O2/c1-4-25-19(24)15-8-10-23(11-9-15)18-14(3)21-22-17(20-18)16-7-5-6-13(2)12-16/h5-7,12,15H,4,8-11H2,1-3H3. The van der Waals surface area contributed by atoms with Crippen LogP contribution in [0.5, 0.6) is 0 Å². The van der Waals surface area contributed by atoms with Crippen molar-refractivity contribution in [2.45, 2.75) is 33.6 Å². The number of benzene rings is 1. The maximum atomic E-state index is 11.9. The average molecular weight is 340 g/mol. The van der Waals surface area contributed by atoms with Crippen LogP contribution in [0.2, 0.25) is 0 Å². The highest BCUT2D eigenvalue weighted by molar-refractivity contribution is 5.73. The molecule has 0 unspecified atom stereocenters. The fourth-order valence-electron chi connectivity index (χ4n) is 3.16. The molecule has 0 aliphatic carbocycles. The first-order chi connectivity index (χ1) is 12.1. The van der Waals surface area contributed by atoms with Crippen molar-refractivity contribution in [2.24, 2.45) is 5.92 Å². The van der Waals surface area contributed by atoms with Crippen LogP contribution in [-0.4, -0.2) is 40.8 Å². The zero-order chi connectivity index (χ0) is 17.8. The Labute approximate surface area is 148 Å². The van der Waals surface area contributed by atoms with Gasteiger partial charge < -0.3 is 9.64 Å². The van der Waals surface area contributed by atoms with E-state index in [0.717, 1.165) is 43.0 Å². The largest absolute Gasteiger partial charge is 0.466 e. The van der Waals surface area contributed by atoms with Crippen molar-refractivity contribution in [3.05, 3.63) is 35.5 Å². The highest BCUT2D eigenvalue weighted by Crippen LogP contribution is 2.26. The average Bonchev–Trinajstić information content (AvgIpc) is 2.62. The summed E-state index contributed by atoms with van der Waals surface area (Å²) in [5.41, 5.74) is 2.94. The number of carbonyl (C=O) groups is 1. The van der Waals surface area contributed by atoms with Crippen molar-refractivity contribution >= 4 is 11.8 Å². The third-order valence-electron chi connectivity index (χ3n) is 4.52. The quantitative estimate of drug-likeness (QED) is 0.797. The van der Waals surface area contributed by atoms with E-state index in [2.05, 4.69) is 21.2 Å². The molecule has 2 heterocycles. The predicted molar refractivity (Wildman–Crippen MR) is 96.3 cm³/mol. The Bertz CT molecular complexity index is 755. The second kappa shape index (κ2) is 7.59. The zero-order valence-corrected chi connectivity index (χ0v) is 15.0. The van der Waals surface area contributed by atoms with Gasteiger partial charge in [-0.15, -0.1) is 10.2 Å². The molecular formula is C19H24N4O2. The van der Waals surface area contributed by atoms with Gasteiger partial charge in [0.1, 0.15) is 5.69 Å². The van der Waals surface area contributed by atoms with Crippen molar-refractivity contribution < 1.29 is 9.53 Å². The minimum Gasteiger partial charge on any atom is -0.466 e. The van der Waals surface area contributed by atoms with Crippen LogP contribution in [0.1, 0.15) is 31.0 Å². The van der Waals surface area contributed by atoms with E-state index in [0.29, 0.717) is 12.4 Å². The molecule has 0 N–H and O–H groups in total. The molecular weight excluding hydrogens is 316 g/mol. The molecule has 1 fully saturated rings. The van der Waals surface area contributed by atoms with Gasteiger partial charge in [-0.25, -0.2) is 4.98 Å². The van der Waals surface area contributed by atoms with Crippen LogP contribution in [0.15, 0.2) is 24.3 Å². The number of aromatic nitrogens is 3. The van der Waals surface area contributed by atoms with Crippen LogP contribution in [-0.2, 0) is 9.53 Å². The van der Waals surface area contributed by atoms with Crippen LogP contribution in [0.3, 0.4) is 0 Å². The number of aryl methyl sites for hydroxylation is 2. The Morgan fingerprint density at radius 1 is 1.24 bits per heavy atom. The maximum absolute atomic E-state index is 11.9. The summed E-state index contributed by atoms with van der Waals surface area (Å²) in [6.45, 7) is 7.80. The van der Waals surface area contributed by atoms with Crippen molar-refractivity contribution in [3.63, 3.8) is 0 Å². The minimum absolute atomic E-state index is 0.0115. The first kappa shape index (κ1) is 17.3. The Kier molecular flexibility index (Phi) is 5.26. The molecule has 0 bridgehead atoms. The third kappa shape index (κ3) is 3.95. The first-order valence-electron chi connectivity index (χ1n) is 8.78. The number of piperidine rings is 1. The molecule has 1 aliphatic rings. The summed E-state index contributed by atoms with van der Waals surface area (Å²) in [5.74, 6) is 1.40. The molecule has 1 saturated heterocycles. The highest BCUT2D eigenvalue weighted by Gasteiger charge is 2.27. The molecule has 0 amide bonds. The molecule has 2 aromatic rings. The molecule has 25 heavy (non-hydrogen) atoms. The summed E-state index contributed by atoms with van der Waals surface area (Å²) in [5, 5.41) is 8.55. The van der Waals surface area contributed by atoms with Gasteiger partial charge in [0.05, 0.1) is 12.5 Å². The molecule has 1 aromatic heterocycles. The van der Waals surface area contributed by atoms with E-state index in [4.69, 9.17) is 9.72 Å². The number of carbonyl (C=O) groups excluding carboxylic acids is 1. The fourth-order valence-corrected chi connectivity index (χ4v) is 3.16. The molecule has 1 aromatic carbocycles. The first-order valence-corrected chi connectivity index (χ1v) is 8.78. The second-order valence-corrected chi connectivity index (χ2v) is 6.43. The monoisotopic (exact) mass is 340 g/mol. The van der Waals surface area contributed by atoms with E-state index >= 15 is 0 Å². The number of hydrogen-bond acceptors (Lipinski definition) is 6. The summed E-state index contributed by atoms with van der Waals surface area (Å²) in [6.07, 6.45) is 1.56. The molecule has 1 aliphatic heterocycles.